The van der Waals surface area contributed by atoms with Gasteiger partial charge in [0.1, 0.15) is 0 Å². The van der Waals surface area contributed by atoms with Crippen molar-refractivity contribution in [3.63, 3.8) is 0 Å². The summed E-state index contributed by atoms with van der Waals surface area (Å²) in [5.74, 6) is 1.95. The predicted octanol–water partition coefficient (Wildman–Crippen LogP) is 13.4. The molecule has 248 valence electrons. The fraction of sp³-hybridized carbons (Fsp3) is 0. The Hall–Kier alpha value is -6.75. The van der Waals surface area contributed by atoms with Crippen LogP contribution in [0.5, 0.6) is 0 Å². The highest BCUT2D eigenvalue weighted by atomic mass is 32.1. The molecule has 0 spiro atoms. The minimum absolute atomic E-state index is 0.647. The molecule has 0 saturated carbocycles. The molecule has 0 fully saturated rings. The van der Waals surface area contributed by atoms with Crippen molar-refractivity contribution in [3.8, 4) is 67.5 Å². The predicted molar refractivity (Wildman–Crippen MR) is 223 cm³/mol. The van der Waals surface area contributed by atoms with Crippen molar-refractivity contribution in [1.82, 2.24) is 15.0 Å². The summed E-state index contributed by atoms with van der Waals surface area (Å²) in [6.45, 7) is 0. The van der Waals surface area contributed by atoms with Gasteiger partial charge in [0, 0.05) is 42.4 Å². The first-order valence-corrected chi connectivity index (χ1v) is 18.6. The van der Waals surface area contributed by atoms with Crippen molar-refractivity contribution in [2.45, 2.75) is 0 Å². The number of benzene rings is 8. The first-order valence-electron chi connectivity index (χ1n) is 17.8. The summed E-state index contributed by atoms with van der Waals surface area (Å²) in [5, 5.41) is 4.66. The van der Waals surface area contributed by atoms with Gasteiger partial charge in [-0.3, -0.25) is 0 Å². The van der Waals surface area contributed by atoms with Gasteiger partial charge in [-0.1, -0.05) is 164 Å². The number of nitrogens with zero attached hydrogens (tertiary/aromatic N) is 3. The smallest absolute Gasteiger partial charge is 0.164 e. The van der Waals surface area contributed by atoms with Crippen LogP contribution < -0.4 is 0 Å². The van der Waals surface area contributed by atoms with Gasteiger partial charge in [-0.25, -0.2) is 15.0 Å². The van der Waals surface area contributed by atoms with E-state index in [1.165, 1.54) is 53.6 Å². The van der Waals surface area contributed by atoms with Gasteiger partial charge in [0.25, 0.3) is 0 Å². The topological polar surface area (TPSA) is 38.7 Å². The van der Waals surface area contributed by atoms with Crippen LogP contribution in [0.15, 0.2) is 188 Å². The quantitative estimate of drug-likeness (QED) is 0.174. The highest BCUT2D eigenvalue weighted by Gasteiger charge is 2.22. The maximum Gasteiger partial charge on any atom is 0.164 e. The molecular weight excluding hydrogens is 663 g/mol. The Morgan fingerprint density at radius 3 is 1.51 bits per heavy atom. The number of fused-ring (bicyclic) bond motifs is 4. The lowest BCUT2D eigenvalue weighted by molar-refractivity contribution is 1.08. The van der Waals surface area contributed by atoms with Crippen molar-refractivity contribution in [2.24, 2.45) is 0 Å². The maximum atomic E-state index is 5.29. The Morgan fingerprint density at radius 1 is 0.302 bits per heavy atom. The van der Waals surface area contributed by atoms with E-state index in [1.807, 2.05) is 29.5 Å². The van der Waals surface area contributed by atoms with Crippen molar-refractivity contribution in [1.29, 1.82) is 0 Å². The van der Waals surface area contributed by atoms with Gasteiger partial charge < -0.3 is 0 Å². The zero-order valence-corrected chi connectivity index (χ0v) is 29.5. The number of thiophene rings is 1. The highest BCUT2D eigenvalue weighted by Crippen LogP contribution is 2.48. The lowest BCUT2D eigenvalue weighted by atomic mass is 9.93. The summed E-state index contributed by atoms with van der Waals surface area (Å²) >= 11 is 1.85. The summed E-state index contributed by atoms with van der Waals surface area (Å²) in [7, 11) is 0. The van der Waals surface area contributed by atoms with Gasteiger partial charge >= 0.3 is 0 Å². The van der Waals surface area contributed by atoms with Crippen molar-refractivity contribution >= 4 is 42.3 Å². The lowest BCUT2D eigenvalue weighted by Gasteiger charge is -2.12. The average Bonchev–Trinajstić information content (AvgIpc) is 3.64. The Bertz CT molecular complexity index is 2920. The van der Waals surface area contributed by atoms with Crippen LogP contribution in [0, 0.1) is 0 Å². The molecule has 0 aliphatic rings. The molecule has 0 aliphatic heterocycles. The van der Waals surface area contributed by atoms with Crippen LogP contribution in [0.2, 0.25) is 0 Å². The highest BCUT2D eigenvalue weighted by molar-refractivity contribution is 7.27. The third kappa shape index (κ3) is 5.66. The minimum atomic E-state index is 0.647. The average molecular weight is 694 g/mol. The zero-order chi connectivity index (χ0) is 35.1. The molecule has 4 heteroatoms. The minimum Gasteiger partial charge on any atom is -0.208 e. The largest absolute Gasteiger partial charge is 0.208 e. The van der Waals surface area contributed by atoms with Crippen LogP contribution in [0.4, 0.5) is 0 Å². The molecule has 0 aliphatic carbocycles. The van der Waals surface area contributed by atoms with Crippen LogP contribution >= 0.6 is 11.3 Å². The molecule has 0 amide bonds. The molecule has 53 heavy (non-hydrogen) atoms. The van der Waals surface area contributed by atoms with E-state index in [0.29, 0.717) is 17.5 Å². The van der Waals surface area contributed by atoms with Crippen LogP contribution in [0.1, 0.15) is 0 Å². The maximum absolute atomic E-state index is 5.29. The second kappa shape index (κ2) is 13.1. The van der Waals surface area contributed by atoms with Gasteiger partial charge in [-0.05, 0) is 62.9 Å². The molecule has 10 aromatic rings. The Balaban J connectivity index is 1.31. The number of aromatic nitrogens is 3. The molecular formula is C49H31N3S. The lowest BCUT2D eigenvalue weighted by Crippen LogP contribution is -2.00. The monoisotopic (exact) mass is 693 g/mol. The number of hydrogen-bond donors (Lipinski definition) is 0. The third-order valence-corrected chi connectivity index (χ3v) is 11.2. The standard InChI is InChI=1S/C49H31N3S/c1-5-15-32(16-6-1)39-30-42(35-20-9-3-10-21-35)45-43(31-39)44-41(28-27-40(46(44)53-45)34-18-7-2-8-19-34)49-51-47(36-22-11-4-12-23-36)50-48(52-49)38-26-25-33-17-13-14-24-37(33)29-38/h1-31H. The second-order valence-corrected chi connectivity index (χ2v) is 14.2. The molecule has 10 rings (SSSR count). The van der Waals surface area contributed by atoms with Gasteiger partial charge in [0.15, 0.2) is 17.5 Å². The van der Waals surface area contributed by atoms with Crippen molar-refractivity contribution in [3.05, 3.63) is 188 Å². The fourth-order valence-electron chi connectivity index (χ4n) is 7.31. The van der Waals surface area contributed by atoms with Crippen molar-refractivity contribution in [2.75, 3.05) is 0 Å². The van der Waals surface area contributed by atoms with Crippen LogP contribution in [-0.2, 0) is 0 Å². The van der Waals surface area contributed by atoms with E-state index in [2.05, 4.69) is 170 Å². The molecule has 2 heterocycles. The summed E-state index contributed by atoms with van der Waals surface area (Å²) in [4.78, 5) is 15.6. The molecule has 8 aromatic carbocycles. The van der Waals surface area contributed by atoms with Crippen LogP contribution in [0.3, 0.4) is 0 Å². The Kier molecular flexibility index (Phi) is 7.67. The van der Waals surface area contributed by atoms with E-state index in [-0.39, 0.29) is 0 Å². The molecule has 2 aromatic heterocycles. The van der Waals surface area contributed by atoms with E-state index >= 15 is 0 Å². The molecule has 0 N–H and O–H groups in total. The van der Waals surface area contributed by atoms with E-state index < -0.39 is 0 Å². The molecule has 0 radical (unpaired) electrons. The van der Waals surface area contributed by atoms with Gasteiger partial charge in [0.2, 0.25) is 0 Å². The molecule has 0 saturated heterocycles. The van der Waals surface area contributed by atoms with E-state index in [9.17, 15) is 0 Å². The SMILES string of the molecule is c1ccc(-c2cc(-c3ccccc3)c3sc4c(-c5ccccc5)ccc(-c5nc(-c6ccccc6)nc(-c6ccc7ccccc7c6)n5)c4c3c2)cc1. The first-order chi connectivity index (χ1) is 26.3. The van der Waals surface area contributed by atoms with Gasteiger partial charge in [-0.15, -0.1) is 11.3 Å². The summed E-state index contributed by atoms with van der Waals surface area (Å²) < 4.78 is 2.45. The second-order valence-electron chi connectivity index (χ2n) is 13.2. The van der Waals surface area contributed by atoms with Crippen LogP contribution in [-0.4, -0.2) is 15.0 Å². The number of hydrogen-bond acceptors (Lipinski definition) is 4. The summed E-state index contributed by atoms with van der Waals surface area (Å²) in [6, 6.07) is 66.3. The first kappa shape index (κ1) is 31.0. The molecule has 0 atom stereocenters. The summed E-state index contributed by atoms with van der Waals surface area (Å²) in [5.41, 5.74) is 10.0. The fourth-order valence-corrected chi connectivity index (χ4v) is 8.69. The summed E-state index contributed by atoms with van der Waals surface area (Å²) in [6.07, 6.45) is 0. The van der Waals surface area contributed by atoms with Gasteiger partial charge in [-0.2, -0.15) is 0 Å². The Morgan fingerprint density at radius 2 is 0.830 bits per heavy atom. The normalized spacial score (nSPS) is 11.4. The Labute approximate surface area is 311 Å². The van der Waals surface area contributed by atoms with E-state index in [0.717, 1.165) is 27.5 Å². The van der Waals surface area contributed by atoms with E-state index in [4.69, 9.17) is 15.0 Å². The molecule has 3 nitrogen and oxygen atoms in total. The zero-order valence-electron chi connectivity index (χ0n) is 28.6. The third-order valence-electron chi connectivity index (χ3n) is 9.91. The van der Waals surface area contributed by atoms with Gasteiger partial charge in [0.05, 0.1) is 0 Å². The van der Waals surface area contributed by atoms with Crippen LogP contribution in [0.25, 0.3) is 98.5 Å². The van der Waals surface area contributed by atoms with Crippen molar-refractivity contribution < 1.29 is 0 Å². The number of rotatable bonds is 6. The molecule has 0 bridgehead atoms. The molecule has 0 unspecified atom stereocenters. The van der Waals surface area contributed by atoms with E-state index in [1.54, 1.807) is 0 Å².